The maximum Gasteiger partial charge on any atom is 0.389 e. The molecule has 0 amide bonds. The van der Waals surface area contributed by atoms with Crippen LogP contribution in [0.2, 0.25) is 0 Å². The van der Waals surface area contributed by atoms with Crippen LogP contribution >= 0.6 is 0 Å². The highest BCUT2D eigenvalue weighted by atomic mass is 19.4. The molecule has 0 saturated carbocycles. The topological polar surface area (TPSA) is 67.8 Å². The van der Waals surface area contributed by atoms with Crippen molar-refractivity contribution in [3.8, 4) is 5.75 Å². The Kier molecular flexibility index (Phi) is 5.02. The van der Waals surface area contributed by atoms with Gasteiger partial charge in [0.1, 0.15) is 5.75 Å². The van der Waals surface area contributed by atoms with E-state index in [-0.39, 0.29) is 18.9 Å². The Bertz CT molecular complexity index is 459. The molecule has 0 atom stereocenters. The van der Waals surface area contributed by atoms with Gasteiger partial charge in [0.25, 0.3) is 0 Å². The summed E-state index contributed by atoms with van der Waals surface area (Å²) in [5, 5.41) is 11.5. The van der Waals surface area contributed by atoms with Crippen LogP contribution in [0, 0.1) is 6.92 Å². The Balaban J connectivity index is 2.68. The minimum absolute atomic E-state index is 0.0890. The second kappa shape index (κ2) is 6.31. The first-order valence-electron chi connectivity index (χ1n) is 5.61. The summed E-state index contributed by atoms with van der Waals surface area (Å²) < 4.78 is 41.1. The Morgan fingerprint density at radius 2 is 2.11 bits per heavy atom. The number of benzene rings is 1. The number of amidine groups is 1. The molecule has 0 aliphatic carbocycles. The fourth-order valence-corrected chi connectivity index (χ4v) is 1.48. The molecule has 1 rings (SSSR count). The highest BCUT2D eigenvalue weighted by molar-refractivity contribution is 5.99. The minimum Gasteiger partial charge on any atom is -0.493 e. The number of hydrogen-bond acceptors (Lipinski definition) is 3. The quantitative estimate of drug-likeness (QED) is 0.286. The number of ether oxygens (including phenoxy) is 1. The summed E-state index contributed by atoms with van der Waals surface area (Å²) in [4.78, 5) is 0. The second-order valence-corrected chi connectivity index (χ2v) is 4.05. The largest absolute Gasteiger partial charge is 0.493 e. The lowest BCUT2D eigenvalue weighted by atomic mass is 10.1. The van der Waals surface area contributed by atoms with Crippen LogP contribution in [0.4, 0.5) is 13.2 Å². The van der Waals surface area contributed by atoms with Crippen molar-refractivity contribution < 1.29 is 23.1 Å². The lowest BCUT2D eigenvalue weighted by molar-refractivity contribution is -0.136. The van der Waals surface area contributed by atoms with Gasteiger partial charge in [-0.05, 0) is 25.5 Å². The third-order valence-corrected chi connectivity index (χ3v) is 2.38. The van der Waals surface area contributed by atoms with E-state index in [2.05, 4.69) is 5.16 Å². The van der Waals surface area contributed by atoms with Gasteiger partial charge in [-0.15, -0.1) is 0 Å². The lowest BCUT2D eigenvalue weighted by Gasteiger charge is -2.12. The number of alkyl halides is 3. The van der Waals surface area contributed by atoms with Crippen LogP contribution in [0.15, 0.2) is 23.4 Å². The maximum absolute atomic E-state index is 12.0. The van der Waals surface area contributed by atoms with Gasteiger partial charge in [-0.2, -0.15) is 13.2 Å². The summed E-state index contributed by atoms with van der Waals surface area (Å²) in [6.45, 7) is 1.72. The molecule has 0 saturated heterocycles. The standard InChI is InChI=1S/C12H15F3N2O2/c1-8-3-4-10(9(7-8)11(16)17-18)19-6-2-5-12(13,14)15/h3-4,7,18H,2,5-6H2,1H3,(H2,16,17). The van der Waals surface area contributed by atoms with E-state index in [1.807, 2.05) is 6.92 Å². The van der Waals surface area contributed by atoms with Crippen LogP contribution in [0.5, 0.6) is 5.75 Å². The number of halogens is 3. The van der Waals surface area contributed by atoms with Gasteiger partial charge in [0.2, 0.25) is 0 Å². The van der Waals surface area contributed by atoms with E-state index in [1.165, 1.54) is 0 Å². The molecule has 0 aliphatic heterocycles. The average Bonchev–Trinajstić information content (AvgIpc) is 2.33. The number of oxime groups is 1. The van der Waals surface area contributed by atoms with E-state index in [0.29, 0.717) is 11.3 Å². The van der Waals surface area contributed by atoms with E-state index in [0.717, 1.165) is 5.56 Å². The highest BCUT2D eigenvalue weighted by Crippen LogP contribution is 2.23. The molecule has 0 radical (unpaired) electrons. The third kappa shape index (κ3) is 5.07. The summed E-state index contributed by atoms with van der Waals surface area (Å²) in [7, 11) is 0. The van der Waals surface area contributed by atoms with Crippen LogP contribution in [0.25, 0.3) is 0 Å². The molecule has 0 fully saturated rings. The molecule has 0 aliphatic rings. The van der Waals surface area contributed by atoms with E-state index in [9.17, 15) is 13.2 Å². The van der Waals surface area contributed by atoms with Crippen LogP contribution in [0.3, 0.4) is 0 Å². The molecule has 0 aromatic heterocycles. The number of aryl methyl sites for hydroxylation is 1. The van der Waals surface area contributed by atoms with Gasteiger partial charge in [-0.1, -0.05) is 16.8 Å². The van der Waals surface area contributed by atoms with E-state index >= 15 is 0 Å². The van der Waals surface area contributed by atoms with Gasteiger partial charge in [-0.25, -0.2) is 0 Å². The number of nitrogens with zero attached hydrogens (tertiary/aromatic N) is 1. The zero-order chi connectivity index (χ0) is 14.5. The fourth-order valence-electron chi connectivity index (χ4n) is 1.48. The first-order chi connectivity index (χ1) is 8.83. The molecule has 0 unspecified atom stereocenters. The Morgan fingerprint density at radius 1 is 1.42 bits per heavy atom. The van der Waals surface area contributed by atoms with E-state index in [4.69, 9.17) is 15.7 Å². The predicted molar refractivity (Wildman–Crippen MR) is 64.5 cm³/mol. The average molecular weight is 276 g/mol. The molecule has 19 heavy (non-hydrogen) atoms. The summed E-state index contributed by atoms with van der Waals surface area (Å²) in [6, 6.07) is 4.94. The molecule has 1 aromatic rings. The Morgan fingerprint density at radius 3 is 2.68 bits per heavy atom. The van der Waals surface area contributed by atoms with Crippen LogP contribution in [-0.2, 0) is 0 Å². The van der Waals surface area contributed by atoms with Crippen molar-refractivity contribution in [2.75, 3.05) is 6.61 Å². The van der Waals surface area contributed by atoms with Crippen LogP contribution in [-0.4, -0.2) is 23.8 Å². The predicted octanol–water partition coefficient (Wildman–Crippen LogP) is 2.81. The molecule has 7 heteroatoms. The number of nitrogens with two attached hydrogens (primary N) is 1. The van der Waals surface area contributed by atoms with Crippen molar-refractivity contribution in [2.24, 2.45) is 10.9 Å². The maximum atomic E-state index is 12.0. The van der Waals surface area contributed by atoms with Gasteiger partial charge >= 0.3 is 6.18 Å². The van der Waals surface area contributed by atoms with Crippen molar-refractivity contribution in [1.29, 1.82) is 0 Å². The number of rotatable bonds is 5. The molecule has 3 N–H and O–H groups in total. The fraction of sp³-hybridized carbons (Fsp3) is 0.417. The van der Waals surface area contributed by atoms with Crippen molar-refractivity contribution in [3.05, 3.63) is 29.3 Å². The molecule has 106 valence electrons. The SMILES string of the molecule is Cc1ccc(OCCCC(F)(F)F)c(/C(N)=N/O)c1. The molecule has 0 spiro atoms. The molecular formula is C12H15F3N2O2. The van der Waals surface area contributed by atoms with Crippen molar-refractivity contribution in [3.63, 3.8) is 0 Å². The zero-order valence-corrected chi connectivity index (χ0v) is 10.4. The Labute approximate surface area is 108 Å². The second-order valence-electron chi connectivity index (χ2n) is 4.05. The van der Waals surface area contributed by atoms with Crippen molar-refractivity contribution >= 4 is 5.84 Å². The molecule has 0 heterocycles. The number of hydrogen-bond donors (Lipinski definition) is 2. The first-order valence-corrected chi connectivity index (χ1v) is 5.61. The minimum atomic E-state index is -4.19. The van der Waals surface area contributed by atoms with Gasteiger partial charge in [0.15, 0.2) is 5.84 Å². The summed E-state index contributed by atoms with van der Waals surface area (Å²) in [5.74, 6) is 0.151. The normalized spacial score (nSPS) is 12.5. The Hall–Kier alpha value is -1.92. The summed E-state index contributed by atoms with van der Waals surface area (Å²) >= 11 is 0. The lowest BCUT2D eigenvalue weighted by Crippen LogP contribution is -2.16. The smallest absolute Gasteiger partial charge is 0.389 e. The molecule has 4 nitrogen and oxygen atoms in total. The first kappa shape index (κ1) is 15.1. The molecule has 1 aromatic carbocycles. The van der Waals surface area contributed by atoms with Crippen molar-refractivity contribution in [1.82, 2.24) is 0 Å². The van der Waals surface area contributed by atoms with Crippen LogP contribution in [0.1, 0.15) is 24.0 Å². The molecular weight excluding hydrogens is 261 g/mol. The van der Waals surface area contributed by atoms with Crippen LogP contribution < -0.4 is 10.5 Å². The van der Waals surface area contributed by atoms with E-state index < -0.39 is 12.6 Å². The van der Waals surface area contributed by atoms with Gasteiger partial charge in [0, 0.05) is 6.42 Å². The van der Waals surface area contributed by atoms with E-state index in [1.54, 1.807) is 18.2 Å². The summed E-state index contributed by atoms with van der Waals surface area (Å²) in [6.07, 6.45) is -5.24. The van der Waals surface area contributed by atoms with Gasteiger partial charge < -0.3 is 15.7 Å². The molecule has 0 bridgehead atoms. The summed E-state index contributed by atoms with van der Waals surface area (Å²) in [5.41, 5.74) is 6.70. The zero-order valence-electron chi connectivity index (χ0n) is 10.4. The highest BCUT2D eigenvalue weighted by Gasteiger charge is 2.26. The third-order valence-electron chi connectivity index (χ3n) is 2.38. The van der Waals surface area contributed by atoms with Gasteiger partial charge in [0.05, 0.1) is 12.2 Å². The monoisotopic (exact) mass is 276 g/mol. The van der Waals surface area contributed by atoms with Crippen molar-refractivity contribution in [2.45, 2.75) is 25.9 Å². The van der Waals surface area contributed by atoms with Gasteiger partial charge in [-0.3, -0.25) is 0 Å².